The minimum Gasteiger partial charge on any atom is -0.308 e. The third-order valence-electron chi connectivity index (χ3n) is 2.44. The van der Waals surface area contributed by atoms with Crippen LogP contribution in [-0.2, 0) is 6.54 Å². The molecule has 0 aliphatic rings. The van der Waals surface area contributed by atoms with Crippen LogP contribution < -0.4 is 5.32 Å². The highest BCUT2D eigenvalue weighted by Crippen LogP contribution is 2.01. The highest BCUT2D eigenvalue weighted by Gasteiger charge is 2.05. The fourth-order valence-electron chi connectivity index (χ4n) is 1.10. The summed E-state index contributed by atoms with van der Waals surface area (Å²) in [5.41, 5.74) is 1.06. The molecule has 0 amide bonds. The molecule has 0 saturated heterocycles. The van der Waals surface area contributed by atoms with Gasteiger partial charge in [-0.05, 0) is 25.8 Å². The maximum absolute atomic E-state index is 4.33. The van der Waals surface area contributed by atoms with E-state index in [-0.39, 0.29) is 0 Å². The molecule has 0 bridgehead atoms. The predicted octanol–water partition coefficient (Wildman–Crippen LogP) is 1.92. The molecule has 0 aliphatic heterocycles. The highest BCUT2D eigenvalue weighted by molar-refractivity contribution is 5.01. The molecule has 1 rings (SSSR count). The normalized spacial score (nSPS) is 13.2. The van der Waals surface area contributed by atoms with Crippen molar-refractivity contribution < 1.29 is 0 Å². The lowest BCUT2D eigenvalue weighted by Crippen LogP contribution is -2.30. The fraction of sp³-hybridized carbons (Fsp3) is 0.636. The first-order chi connectivity index (χ1) is 6.59. The van der Waals surface area contributed by atoms with Crippen molar-refractivity contribution in [2.45, 2.75) is 40.3 Å². The van der Waals surface area contributed by atoms with Gasteiger partial charge in [-0.3, -0.25) is 0 Å². The van der Waals surface area contributed by atoms with E-state index in [1.165, 1.54) is 0 Å². The zero-order valence-corrected chi connectivity index (χ0v) is 9.41. The summed E-state index contributed by atoms with van der Waals surface area (Å²) in [7, 11) is 0. The SMILES string of the molecule is Cc1nccc(CNC(C)C(C)C)n1. The van der Waals surface area contributed by atoms with Crippen LogP contribution in [0.15, 0.2) is 12.3 Å². The molecular formula is C11H19N3. The Labute approximate surface area is 86.0 Å². The van der Waals surface area contributed by atoms with E-state index in [2.05, 4.69) is 36.1 Å². The van der Waals surface area contributed by atoms with Gasteiger partial charge in [-0.25, -0.2) is 9.97 Å². The maximum Gasteiger partial charge on any atom is 0.125 e. The van der Waals surface area contributed by atoms with E-state index in [0.717, 1.165) is 18.1 Å². The van der Waals surface area contributed by atoms with Crippen LogP contribution in [0.4, 0.5) is 0 Å². The first-order valence-electron chi connectivity index (χ1n) is 5.11. The van der Waals surface area contributed by atoms with Gasteiger partial charge >= 0.3 is 0 Å². The second-order valence-electron chi connectivity index (χ2n) is 4.01. The van der Waals surface area contributed by atoms with Gasteiger partial charge in [0, 0.05) is 18.8 Å². The van der Waals surface area contributed by atoms with E-state index < -0.39 is 0 Å². The van der Waals surface area contributed by atoms with Crippen molar-refractivity contribution in [1.82, 2.24) is 15.3 Å². The van der Waals surface area contributed by atoms with Crippen molar-refractivity contribution in [1.29, 1.82) is 0 Å². The van der Waals surface area contributed by atoms with Gasteiger partial charge in [-0.15, -0.1) is 0 Å². The van der Waals surface area contributed by atoms with Crippen molar-refractivity contribution in [3.63, 3.8) is 0 Å². The quantitative estimate of drug-likeness (QED) is 0.794. The number of nitrogens with one attached hydrogen (secondary N) is 1. The summed E-state index contributed by atoms with van der Waals surface area (Å²) in [6.45, 7) is 9.35. The molecule has 3 nitrogen and oxygen atoms in total. The minimum absolute atomic E-state index is 0.519. The minimum atomic E-state index is 0.519. The maximum atomic E-state index is 4.33. The topological polar surface area (TPSA) is 37.8 Å². The zero-order chi connectivity index (χ0) is 10.6. The zero-order valence-electron chi connectivity index (χ0n) is 9.41. The molecule has 3 heteroatoms. The highest BCUT2D eigenvalue weighted by atomic mass is 14.9. The van der Waals surface area contributed by atoms with Gasteiger partial charge in [-0.1, -0.05) is 13.8 Å². The molecule has 0 radical (unpaired) electrons. The second-order valence-corrected chi connectivity index (χ2v) is 4.01. The van der Waals surface area contributed by atoms with E-state index in [1.807, 2.05) is 13.0 Å². The van der Waals surface area contributed by atoms with Crippen molar-refractivity contribution in [3.8, 4) is 0 Å². The van der Waals surface area contributed by atoms with Crippen LogP contribution in [0.25, 0.3) is 0 Å². The third-order valence-corrected chi connectivity index (χ3v) is 2.44. The van der Waals surface area contributed by atoms with Gasteiger partial charge in [0.05, 0.1) is 5.69 Å². The number of aryl methyl sites for hydroxylation is 1. The Bertz CT molecular complexity index is 284. The summed E-state index contributed by atoms with van der Waals surface area (Å²) in [4.78, 5) is 8.39. The Morgan fingerprint density at radius 2 is 2.07 bits per heavy atom. The van der Waals surface area contributed by atoms with E-state index in [9.17, 15) is 0 Å². The molecule has 0 aliphatic carbocycles. The van der Waals surface area contributed by atoms with Crippen molar-refractivity contribution in [2.75, 3.05) is 0 Å². The van der Waals surface area contributed by atoms with E-state index in [4.69, 9.17) is 0 Å². The number of aromatic nitrogens is 2. The molecule has 0 saturated carbocycles. The molecule has 14 heavy (non-hydrogen) atoms. The van der Waals surface area contributed by atoms with E-state index in [0.29, 0.717) is 12.0 Å². The Morgan fingerprint density at radius 1 is 1.36 bits per heavy atom. The predicted molar refractivity (Wildman–Crippen MR) is 57.9 cm³/mol. The molecule has 1 N–H and O–H groups in total. The molecule has 1 aromatic rings. The van der Waals surface area contributed by atoms with Gasteiger partial charge < -0.3 is 5.32 Å². The first kappa shape index (κ1) is 11.1. The van der Waals surface area contributed by atoms with Crippen LogP contribution >= 0.6 is 0 Å². The third kappa shape index (κ3) is 3.42. The van der Waals surface area contributed by atoms with Crippen LogP contribution in [0.1, 0.15) is 32.3 Å². The molecule has 1 aromatic heterocycles. The van der Waals surface area contributed by atoms with E-state index >= 15 is 0 Å². The van der Waals surface area contributed by atoms with Crippen molar-refractivity contribution >= 4 is 0 Å². The molecule has 1 atom stereocenters. The number of rotatable bonds is 4. The number of hydrogen-bond donors (Lipinski definition) is 1. The fourth-order valence-corrected chi connectivity index (χ4v) is 1.10. The lowest BCUT2D eigenvalue weighted by molar-refractivity contribution is 0.423. The Hall–Kier alpha value is -0.960. The van der Waals surface area contributed by atoms with Crippen LogP contribution in [0, 0.1) is 12.8 Å². The molecule has 1 heterocycles. The summed E-state index contributed by atoms with van der Waals surface area (Å²) in [6.07, 6.45) is 1.80. The summed E-state index contributed by atoms with van der Waals surface area (Å²) in [5.74, 6) is 1.49. The molecular weight excluding hydrogens is 174 g/mol. The van der Waals surface area contributed by atoms with Crippen LogP contribution in [-0.4, -0.2) is 16.0 Å². The molecule has 78 valence electrons. The van der Waals surface area contributed by atoms with Gasteiger partial charge in [0.2, 0.25) is 0 Å². The summed E-state index contributed by atoms with van der Waals surface area (Å²) < 4.78 is 0. The van der Waals surface area contributed by atoms with E-state index in [1.54, 1.807) is 6.20 Å². The van der Waals surface area contributed by atoms with Gasteiger partial charge in [0.1, 0.15) is 5.82 Å². The molecule has 1 unspecified atom stereocenters. The molecule has 0 aromatic carbocycles. The average molecular weight is 193 g/mol. The largest absolute Gasteiger partial charge is 0.308 e. The van der Waals surface area contributed by atoms with Crippen molar-refractivity contribution in [3.05, 3.63) is 23.8 Å². The number of hydrogen-bond acceptors (Lipinski definition) is 3. The lowest BCUT2D eigenvalue weighted by atomic mass is 10.1. The average Bonchev–Trinajstić information content (AvgIpc) is 2.14. The smallest absolute Gasteiger partial charge is 0.125 e. The first-order valence-corrected chi connectivity index (χ1v) is 5.11. The van der Waals surface area contributed by atoms with Crippen molar-refractivity contribution in [2.24, 2.45) is 5.92 Å². The lowest BCUT2D eigenvalue weighted by Gasteiger charge is -2.16. The summed E-state index contributed by atoms with van der Waals surface area (Å²) in [5, 5.41) is 3.44. The Balaban J connectivity index is 2.45. The van der Waals surface area contributed by atoms with Crippen LogP contribution in [0.2, 0.25) is 0 Å². The number of nitrogens with zero attached hydrogens (tertiary/aromatic N) is 2. The monoisotopic (exact) mass is 193 g/mol. The standard InChI is InChI=1S/C11H19N3/c1-8(2)9(3)13-7-11-5-6-12-10(4)14-11/h5-6,8-9,13H,7H2,1-4H3. The van der Waals surface area contributed by atoms with Gasteiger partial charge in [-0.2, -0.15) is 0 Å². The second kappa shape index (κ2) is 5.05. The van der Waals surface area contributed by atoms with Gasteiger partial charge in [0.25, 0.3) is 0 Å². The summed E-state index contributed by atoms with van der Waals surface area (Å²) in [6, 6.07) is 2.47. The summed E-state index contributed by atoms with van der Waals surface area (Å²) >= 11 is 0. The van der Waals surface area contributed by atoms with Crippen LogP contribution in [0.5, 0.6) is 0 Å². The Morgan fingerprint density at radius 3 is 2.64 bits per heavy atom. The molecule has 0 spiro atoms. The molecule has 0 fully saturated rings. The Kier molecular flexibility index (Phi) is 4.01. The van der Waals surface area contributed by atoms with Crippen LogP contribution in [0.3, 0.4) is 0 Å². The van der Waals surface area contributed by atoms with Gasteiger partial charge in [0.15, 0.2) is 0 Å².